The predicted octanol–water partition coefficient (Wildman–Crippen LogP) is 1.19. The monoisotopic (exact) mass is 271 g/mol. The maximum Gasteiger partial charge on any atom is 0.337 e. The summed E-state index contributed by atoms with van der Waals surface area (Å²) >= 11 is 0. The number of pyridine rings is 2. The molecule has 1 N–H and O–H groups in total. The molecule has 6 nitrogen and oxygen atoms in total. The smallest absolute Gasteiger partial charge is 0.337 e. The highest BCUT2D eigenvalue weighted by Crippen LogP contribution is 2.04. The summed E-state index contributed by atoms with van der Waals surface area (Å²) in [6, 6.07) is 6.37. The van der Waals surface area contributed by atoms with Crippen LogP contribution in [0.2, 0.25) is 0 Å². The van der Waals surface area contributed by atoms with Crippen LogP contribution in [0.4, 0.5) is 0 Å². The lowest BCUT2D eigenvalue weighted by Crippen LogP contribution is -2.23. The van der Waals surface area contributed by atoms with Gasteiger partial charge in [0.2, 0.25) is 0 Å². The van der Waals surface area contributed by atoms with Crippen molar-refractivity contribution in [1.82, 2.24) is 15.3 Å². The molecule has 2 aromatic heterocycles. The Morgan fingerprint density at radius 1 is 1.15 bits per heavy atom. The third kappa shape index (κ3) is 3.38. The summed E-state index contributed by atoms with van der Waals surface area (Å²) in [4.78, 5) is 31.1. The van der Waals surface area contributed by atoms with Crippen molar-refractivity contribution in [2.45, 2.75) is 6.54 Å². The fourth-order valence-corrected chi connectivity index (χ4v) is 1.60. The standard InChI is InChI=1S/C14H13N3O3/c1-20-14(19)11-4-7-16-12(8-11)9-17-13(18)10-2-5-15-6-3-10/h2-8H,9H2,1H3,(H,17,18). The molecule has 0 unspecified atom stereocenters. The molecule has 1 amide bonds. The number of methoxy groups -OCH3 is 1. The molecule has 102 valence electrons. The van der Waals surface area contributed by atoms with E-state index in [1.165, 1.54) is 13.3 Å². The Hall–Kier alpha value is -2.76. The molecular weight excluding hydrogens is 258 g/mol. The van der Waals surface area contributed by atoms with Crippen molar-refractivity contribution >= 4 is 11.9 Å². The minimum Gasteiger partial charge on any atom is -0.465 e. The number of aromatic nitrogens is 2. The second-order valence-corrected chi connectivity index (χ2v) is 3.95. The largest absolute Gasteiger partial charge is 0.465 e. The molecule has 0 radical (unpaired) electrons. The Balaban J connectivity index is 2.01. The van der Waals surface area contributed by atoms with Crippen LogP contribution in [0.25, 0.3) is 0 Å². The summed E-state index contributed by atoms with van der Waals surface area (Å²) in [5, 5.41) is 2.72. The quantitative estimate of drug-likeness (QED) is 0.845. The number of amides is 1. The van der Waals surface area contributed by atoms with Gasteiger partial charge in [-0.05, 0) is 24.3 Å². The maximum absolute atomic E-state index is 11.8. The van der Waals surface area contributed by atoms with E-state index in [1.54, 1.807) is 36.7 Å². The molecular formula is C14H13N3O3. The zero-order valence-corrected chi connectivity index (χ0v) is 10.9. The van der Waals surface area contributed by atoms with E-state index in [2.05, 4.69) is 20.0 Å². The molecule has 0 atom stereocenters. The molecule has 0 bridgehead atoms. The van der Waals surface area contributed by atoms with Gasteiger partial charge in [0.15, 0.2) is 0 Å². The minimum atomic E-state index is -0.436. The Labute approximate surface area is 115 Å². The molecule has 0 aromatic carbocycles. The molecule has 0 spiro atoms. The molecule has 2 aromatic rings. The van der Waals surface area contributed by atoms with Crippen LogP contribution in [0.5, 0.6) is 0 Å². The normalized spacial score (nSPS) is 9.85. The van der Waals surface area contributed by atoms with Crippen LogP contribution in [-0.2, 0) is 11.3 Å². The highest BCUT2D eigenvalue weighted by molar-refractivity contribution is 5.94. The van der Waals surface area contributed by atoms with E-state index < -0.39 is 5.97 Å². The van der Waals surface area contributed by atoms with Crippen molar-refractivity contribution in [2.75, 3.05) is 7.11 Å². The number of hydrogen-bond donors (Lipinski definition) is 1. The van der Waals surface area contributed by atoms with E-state index in [-0.39, 0.29) is 12.5 Å². The molecule has 0 fully saturated rings. The number of esters is 1. The molecule has 0 aliphatic rings. The fraction of sp³-hybridized carbons (Fsp3) is 0.143. The highest BCUT2D eigenvalue weighted by Gasteiger charge is 2.08. The van der Waals surface area contributed by atoms with Crippen LogP contribution in [0, 0.1) is 0 Å². The van der Waals surface area contributed by atoms with E-state index in [9.17, 15) is 9.59 Å². The first-order valence-electron chi connectivity index (χ1n) is 5.92. The van der Waals surface area contributed by atoms with Gasteiger partial charge in [0, 0.05) is 24.2 Å². The van der Waals surface area contributed by atoms with E-state index in [0.717, 1.165) is 0 Å². The zero-order chi connectivity index (χ0) is 14.4. The van der Waals surface area contributed by atoms with Gasteiger partial charge in [-0.25, -0.2) is 4.79 Å². The SMILES string of the molecule is COC(=O)c1ccnc(CNC(=O)c2ccncc2)c1. The Morgan fingerprint density at radius 3 is 2.55 bits per heavy atom. The average molecular weight is 271 g/mol. The van der Waals surface area contributed by atoms with Gasteiger partial charge in [-0.3, -0.25) is 14.8 Å². The van der Waals surface area contributed by atoms with Gasteiger partial charge >= 0.3 is 5.97 Å². The number of ether oxygens (including phenoxy) is 1. The van der Waals surface area contributed by atoms with E-state index >= 15 is 0 Å². The second-order valence-electron chi connectivity index (χ2n) is 3.95. The molecule has 0 saturated carbocycles. The number of carbonyl (C=O) groups is 2. The van der Waals surface area contributed by atoms with E-state index in [4.69, 9.17) is 0 Å². The predicted molar refractivity (Wildman–Crippen MR) is 71.0 cm³/mol. The van der Waals surface area contributed by atoms with Crippen LogP contribution in [0.3, 0.4) is 0 Å². The Morgan fingerprint density at radius 2 is 1.85 bits per heavy atom. The molecule has 2 heterocycles. The number of carbonyl (C=O) groups excluding carboxylic acids is 2. The van der Waals surface area contributed by atoms with Gasteiger partial charge in [0.05, 0.1) is 24.9 Å². The van der Waals surface area contributed by atoms with Crippen molar-refractivity contribution in [3.63, 3.8) is 0 Å². The average Bonchev–Trinajstić information content (AvgIpc) is 2.53. The lowest BCUT2D eigenvalue weighted by molar-refractivity contribution is 0.0600. The van der Waals surface area contributed by atoms with Gasteiger partial charge in [-0.2, -0.15) is 0 Å². The highest BCUT2D eigenvalue weighted by atomic mass is 16.5. The summed E-state index contributed by atoms with van der Waals surface area (Å²) in [6.07, 6.45) is 4.59. The fourth-order valence-electron chi connectivity index (χ4n) is 1.60. The number of nitrogens with zero attached hydrogens (tertiary/aromatic N) is 2. The molecule has 20 heavy (non-hydrogen) atoms. The van der Waals surface area contributed by atoms with Crippen LogP contribution in [-0.4, -0.2) is 29.0 Å². The maximum atomic E-state index is 11.8. The minimum absolute atomic E-state index is 0.224. The molecule has 2 rings (SSSR count). The van der Waals surface area contributed by atoms with Crippen LogP contribution >= 0.6 is 0 Å². The van der Waals surface area contributed by atoms with Crippen LogP contribution in [0.15, 0.2) is 42.9 Å². The number of hydrogen-bond acceptors (Lipinski definition) is 5. The number of nitrogens with one attached hydrogen (secondary N) is 1. The first kappa shape index (κ1) is 13.7. The van der Waals surface area contributed by atoms with Gasteiger partial charge in [-0.1, -0.05) is 0 Å². The molecule has 0 aliphatic carbocycles. The molecule has 0 saturated heterocycles. The van der Waals surface area contributed by atoms with Crippen molar-refractivity contribution < 1.29 is 14.3 Å². The molecule has 6 heteroatoms. The third-order valence-electron chi connectivity index (χ3n) is 2.61. The summed E-state index contributed by atoms with van der Waals surface area (Å²) in [5.41, 5.74) is 1.50. The number of rotatable bonds is 4. The van der Waals surface area contributed by atoms with Gasteiger partial charge in [-0.15, -0.1) is 0 Å². The van der Waals surface area contributed by atoms with E-state index in [1.807, 2.05) is 0 Å². The Bertz CT molecular complexity index is 614. The first-order chi connectivity index (χ1) is 9.70. The van der Waals surface area contributed by atoms with E-state index in [0.29, 0.717) is 16.8 Å². The lowest BCUT2D eigenvalue weighted by atomic mass is 10.2. The van der Waals surface area contributed by atoms with Crippen LogP contribution < -0.4 is 5.32 Å². The molecule has 0 aliphatic heterocycles. The van der Waals surface area contributed by atoms with Crippen LogP contribution in [0.1, 0.15) is 26.4 Å². The van der Waals surface area contributed by atoms with Gasteiger partial charge in [0.25, 0.3) is 5.91 Å². The van der Waals surface area contributed by atoms with Crippen molar-refractivity contribution in [3.05, 3.63) is 59.7 Å². The first-order valence-corrected chi connectivity index (χ1v) is 5.92. The van der Waals surface area contributed by atoms with Crippen molar-refractivity contribution in [2.24, 2.45) is 0 Å². The summed E-state index contributed by atoms with van der Waals surface area (Å²) < 4.78 is 4.63. The summed E-state index contributed by atoms with van der Waals surface area (Å²) in [5.74, 6) is -0.660. The summed E-state index contributed by atoms with van der Waals surface area (Å²) in [7, 11) is 1.31. The second kappa shape index (κ2) is 6.42. The van der Waals surface area contributed by atoms with Gasteiger partial charge < -0.3 is 10.1 Å². The van der Waals surface area contributed by atoms with Crippen molar-refractivity contribution in [1.29, 1.82) is 0 Å². The Kier molecular flexibility index (Phi) is 4.39. The van der Waals surface area contributed by atoms with Crippen molar-refractivity contribution in [3.8, 4) is 0 Å². The summed E-state index contributed by atoms with van der Waals surface area (Å²) in [6.45, 7) is 0.228. The lowest BCUT2D eigenvalue weighted by Gasteiger charge is -2.06. The van der Waals surface area contributed by atoms with Gasteiger partial charge in [0.1, 0.15) is 0 Å². The topological polar surface area (TPSA) is 81.2 Å². The zero-order valence-electron chi connectivity index (χ0n) is 10.9. The third-order valence-corrected chi connectivity index (χ3v) is 2.61.